The smallest absolute Gasteiger partial charge is 0.0387 e. The zero-order chi connectivity index (χ0) is 12.0. The van der Waals surface area contributed by atoms with Gasteiger partial charge in [-0.3, -0.25) is 0 Å². The fourth-order valence-electron chi connectivity index (χ4n) is 1.64. The van der Waals surface area contributed by atoms with Crippen LogP contribution in [0.2, 0.25) is 0 Å². The normalized spacial score (nSPS) is 11.8. The summed E-state index contributed by atoms with van der Waals surface area (Å²) in [5, 5.41) is 3.29. The number of thioether (sulfide) groups is 1. The van der Waals surface area contributed by atoms with Crippen LogP contribution in [0.3, 0.4) is 0 Å². The van der Waals surface area contributed by atoms with E-state index in [1.807, 2.05) is 11.8 Å². The van der Waals surface area contributed by atoms with Crippen LogP contribution in [0.25, 0.3) is 0 Å². The van der Waals surface area contributed by atoms with Gasteiger partial charge in [-0.15, -0.1) is 11.8 Å². The molecule has 0 unspecified atom stereocenters. The average Bonchev–Trinajstić information content (AvgIpc) is 2.28. The van der Waals surface area contributed by atoms with Crippen LogP contribution in [0.1, 0.15) is 26.3 Å². The molecule has 0 aliphatic rings. The number of thiol groups is 1. The van der Waals surface area contributed by atoms with Gasteiger partial charge in [0, 0.05) is 22.7 Å². The monoisotopic (exact) mass is 255 g/mol. The molecule has 0 aliphatic carbocycles. The molecule has 0 aliphatic heterocycles. The molecule has 0 spiro atoms. The number of hydrogen-bond donors (Lipinski definition) is 2. The lowest BCUT2D eigenvalue weighted by molar-refractivity contribution is 0.490. The van der Waals surface area contributed by atoms with Crippen LogP contribution in [-0.2, 0) is 5.41 Å². The molecule has 1 rings (SSSR count). The first-order valence-electron chi connectivity index (χ1n) is 5.65. The Morgan fingerprint density at radius 2 is 1.88 bits per heavy atom. The maximum Gasteiger partial charge on any atom is 0.0387 e. The summed E-state index contributed by atoms with van der Waals surface area (Å²) in [4.78, 5) is 1.35. The molecule has 3 heteroatoms. The number of rotatable bonds is 6. The first-order chi connectivity index (χ1) is 7.60. The van der Waals surface area contributed by atoms with E-state index in [0.29, 0.717) is 0 Å². The molecule has 0 bridgehead atoms. The van der Waals surface area contributed by atoms with E-state index in [4.69, 9.17) is 0 Å². The highest BCUT2D eigenvalue weighted by Crippen LogP contribution is 2.25. The molecular formula is C13H21NS2. The molecule has 0 amide bonds. The lowest BCUT2D eigenvalue weighted by atomic mass is 9.85. The van der Waals surface area contributed by atoms with Crippen LogP contribution in [0.15, 0.2) is 29.2 Å². The van der Waals surface area contributed by atoms with Crippen molar-refractivity contribution in [3.63, 3.8) is 0 Å². The molecule has 0 atom stereocenters. The van der Waals surface area contributed by atoms with Crippen molar-refractivity contribution in [2.75, 3.05) is 18.2 Å². The Balaban J connectivity index is 2.71. The predicted molar refractivity (Wildman–Crippen MR) is 77.7 cm³/mol. The van der Waals surface area contributed by atoms with Gasteiger partial charge in [0.05, 0.1) is 0 Å². The Bertz CT molecular complexity index is 306. The Kier molecular flexibility index (Phi) is 5.73. The molecule has 1 N–H and O–H groups in total. The molecule has 0 saturated heterocycles. The highest BCUT2D eigenvalue weighted by molar-refractivity contribution is 7.99. The van der Waals surface area contributed by atoms with Gasteiger partial charge >= 0.3 is 0 Å². The van der Waals surface area contributed by atoms with Gasteiger partial charge in [-0.05, 0) is 23.4 Å². The van der Waals surface area contributed by atoms with Crippen LogP contribution < -0.4 is 5.32 Å². The largest absolute Gasteiger partial charge is 0.307 e. The van der Waals surface area contributed by atoms with E-state index in [2.05, 4.69) is 63.0 Å². The minimum atomic E-state index is 0.165. The van der Waals surface area contributed by atoms with Gasteiger partial charge in [-0.1, -0.05) is 32.9 Å². The molecule has 1 aromatic carbocycles. The summed E-state index contributed by atoms with van der Waals surface area (Å²) in [6.45, 7) is 7.65. The third-order valence-corrected chi connectivity index (χ3v) is 3.74. The van der Waals surface area contributed by atoms with E-state index < -0.39 is 0 Å². The van der Waals surface area contributed by atoms with E-state index in [-0.39, 0.29) is 5.41 Å². The van der Waals surface area contributed by atoms with E-state index in [0.717, 1.165) is 18.2 Å². The molecule has 1 nitrogen and oxygen atoms in total. The summed E-state index contributed by atoms with van der Waals surface area (Å²) in [5.41, 5.74) is 1.54. The van der Waals surface area contributed by atoms with Crippen molar-refractivity contribution in [1.82, 2.24) is 5.32 Å². The van der Waals surface area contributed by atoms with Gasteiger partial charge in [0.15, 0.2) is 0 Å². The molecule has 0 aromatic heterocycles. The van der Waals surface area contributed by atoms with Crippen molar-refractivity contribution >= 4 is 24.4 Å². The van der Waals surface area contributed by atoms with Gasteiger partial charge in [-0.2, -0.15) is 12.6 Å². The highest BCUT2D eigenvalue weighted by atomic mass is 32.2. The van der Waals surface area contributed by atoms with E-state index in [1.165, 1.54) is 10.5 Å². The summed E-state index contributed by atoms with van der Waals surface area (Å²) in [5.74, 6) is 1.86. The standard InChI is InChI=1S/C13H21NS2/c1-4-16-12-7-5-11(6-8-12)13(2,3)9-14-10-15/h5-8,14-15H,4,9-10H2,1-3H3. The lowest BCUT2D eigenvalue weighted by Gasteiger charge is -2.25. The molecule has 0 fully saturated rings. The summed E-state index contributed by atoms with van der Waals surface area (Å²) >= 11 is 6.06. The minimum Gasteiger partial charge on any atom is -0.307 e. The summed E-state index contributed by atoms with van der Waals surface area (Å²) < 4.78 is 0. The second-order valence-electron chi connectivity index (χ2n) is 4.43. The predicted octanol–water partition coefficient (Wildman–Crippen LogP) is 3.55. The Labute approximate surface area is 109 Å². The Morgan fingerprint density at radius 3 is 2.38 bits per heavy atom. The van der Waals surface area contributed by atoms with Crippen LogP contribution in [-0.4, -0.2) is 18.2 Å². The van der Waals surface area contributed by atoms with Crippen molar-refractivity contribution < 1.29 is 0 Å². The Hall–Kier alpha value is -0.120. The van der Waals surface area contributed by atoms with E-state index in [1.54, 1.807) is 0 Å². The van der Waals surface area contributed by atoms with Crippen molar-refractivity contribution in [2.24, 2.45) is 0 Å². The van der Waals surface area contributed by atoms with Gasteiger partial charge in [0.1, 0.15) is 0 Å². The zero-order valence-electron chi connectivity index (χ0n) is 10.3. The minimum absolute atomic E-state index is 0.165. The molecule has 1 aromatic rings. The van der Waals surface area contributed by atoms with Crippen molar-refractivity contribution in [3.05, 3.63) is 29.8 Å². The van der Waals surface area contributed by atoms with Crippen molar-refractivity contribution in [2.45, 2.75) is 31.1 Å². The number of hydrogen-bond acceptors (Lipinski definition) is 3. The topological polar surface area (TPSA) is 12.0 Å². The molecule has 90 valence electrons. The molecule has 0 saturated carbocycles. The van der Waals surface area contributed by atoms with Crippen molar-refractivity contribution in [1.29, 1.82) is 0 Å². The fraction of sp³-hybridized carbons (Fsp3) is 0.538. The van der Waals surface area contributed by atoms with Crippen LogP contribution in [0, 0.1) is 0 Å². The van der Waals surface area contributed by atoms with E-state index in [9.17, 15) is 0 Å². The van der Waals surface area contributed by atoms with Gasteiger partial charge < -0.3 is 5.32 Å². The van der Waals surface area contributed by atoms with Gasteiger partial charge in [-0.25, -0.2) is 0 Å². The molecule has 16 heavy (non-hydrogen) atoms. The van der Waals surface area contributed by atoms with Gasteiger partial charge in [0.2, 0.25) is 0 Å². The summed E-state index contributed by atoms with van der Waals surface area (Å²) in [6.07, 6.45) is 0. The fourth-order valence-corrected chi connectivity index (χ4v) is 2.41. The average molecular weight is 255 g/mol. The first kappa shape index (κ1) is 13.9. The number of benzene rings is 1. The highest BCUT2D eigenvalue weighted by Gasteiger charge is 2.19. The summed E-state index contributed by atoms with van der Waals surface area (Å²) in [7, 11) is 0. The maximum absolute atomic E-state index is 4.17. The quantitative estimate of drug-likeness (QED) is 0.458. The second kappa shape index (κ2) is 6.58. The van der Waals surface area contributed by atoms with Crippen LogP contribution in [0.4, 0.5) is 0 Å². The second-order valence-corrected chi connectivity index (χ2v) is 6.08. The first-order valence-corrected chi connectivity index (χ1v) is 7.27. The van der Waals surface area contributed by atoms with E-state index >= 15 is 0 Å². The zero-order valence-corrected chi connectivity index (χ0v) is 12.0. The lowest BCUT2D eigenvalue weighted by Crippen LogP contribution is -2.32. The molecule has 0 heterocycles. The third-order valence-electron chi connectivity index (χ3n) is 2.63. The molecule has 0 radical (unpaired) electrons. The van der Waals surface area contributed by atoms with Crippen LogP contribution in [0.5, 0.6) is 0 Å². The SMILES string of the molecule is CCSc1ccc(C(C)(C)CNCS)cc1. The van der Waals surface area contributed by atoms with Gasteiger partial charge in [0.25, 0.3) is 0 Å². The Morgan fingerprint density at radius 1 is 1.25 bits per heavy atom. The third kappa shape index (κ3) is 4.04. The number of nitrogens with one attached hydrogen (secondary N) is 1. The molecular weight excluding hydrogens is 234 g/mol. The summed E-state index contributed by atoms with van der Waals surface area (Å²) in [6, 6.07) is 8.90. The van der Waals surface area contributed by atoms with Crippen molar-refractivity contribution in [3.8, 4) is 0 Å². The van der Waals surface area contributed by atoms with Crippen LogP contribution >= 0.6 is 24.4 Å². The maximum atomic E-state index is 4.17.